The number of carboxylic acids is 1. The van der Waals surface area contributed by atoms with Crippen LogP contribution in [0.4, 0.5) is 0 Å². The SMILES string of the molecule is O=C(O)CNS(=O)(=O)c1ccc2c(Cl)cnc(Cl)c2c1. The molecule has 2 aromatic rings. The summed E-state index contributed by atoms with van der Waals surface area (Å²) in [5, 5.41) is 9.88. The molecule has 106 valence electrons. The van der Waals surface area contributed by atoms with Gasteiger partial charge in [-0.05, 0) is 12.1 Å². The Morgan fingerprint density at radius 2 is 2.00 bits per heavy atom. The Kier molecular flexibility index (Phi) is 4.14. The topological polar surface area (TPSA) is 96.4 Å². The van der Waals surface area contributed by atoms with E-state index in [2.05, 4.69) is 4.98 Å². The lowest BCUT2D eigenvalue weighted by Crippen LogP contribution is -2.29. The van der Waals surface area contributed by atoms with Gasteiger partial charge in [-0.1, -0.05) is 29.3 Å². The maximum atomic E-state index is 11.9. The van der Waals surface area contributed by atoms with Crippen LogP contribution in [0.25, 0.3) is 10.8 Å². The second kappa shape index (κ2) is 5.53. The fraction of sp³-hybridized carbons (Fsp3) is 0.0909. The van der Waals surface area contributed by atoms with Crippen LogP contribution in [0.2, 0.25) is 10.2 Å². The van der Waals surface area contributed by atoms with Crippen molar-refractivity contribution in [2.24, 2.45) is 0 Å². The Labute approximate surface area is 124 Å². The van der Waals surface area contributed by atoms with Gasteiger partial charge in [-0.15, -0.1) is 0 Å². The van der Waals surface area contributed by atoms with Crippen LogP contribution in [-0.4, -0.2) is 31.0 Å². The van der Waals surface area contributed by atoms with Gasteiger partial charge in [0.15, 0.2) is 0 Å². The summed E-state index contributed by atoms with van der Waals surface area (Å²) in [7, 11) is -3.94. The largest absolute Gasteiger partial charge is 0.480 e. The Bertz CT molecular complexity index is 792. The summed E-state index contributed by atoms with van der Waals surface area (Å²) in [6.07, 6.45) is 1.36. The number of hydrogen-bond acceptors (Lipinski definition) is 4. The van der Waals surface area contributed by atoms with Crippen LogP contribution in [0.3, 0.4) is 0 Å². The molecule has 2 N–H and O–H groups in total. The molecule has 0 spiro atoms. The van der Waals surface area contributed by atoms with Gasteiger partial charge in [0, 0.05) is 17.0 Å². The fourth-order valence-electron chi connectivity index (χ4n) is 1.56. The predicted octanol–water partition coefficient (Wildman–Crippen LogP) is 1.90. The number of aromatic nitrogens is 1. The van der Waals surface area contributed by atoms with E-state index in [0.29, 0.717) is 15.8 Å². The zero-order chi connectivity index (χ0) is 14.9. The third-order valence-electron chi connectivity index (χ3n) is 2.49. The van der Waals surface area contributed by atoms with Crippen LogP contribution in [0.1, 0.15) is 0 Å². The molecule has 0 amide bonds. The molecule has 0 radical (unpaired) electrons. The molecule has 1 aromatic heterocycles. The Morgan fingerprint density at radius 3 is 2.65 bits per heavy atom. The Hall–Kier alpha value is -1.41. The van der Waals surface area contributed by atoms with Gasteiger partial charge < -0.3 is 5.11 Å². The molecular formula is C11H8Cl2N2O4S. The number of carboxylic acid groups (broad SMARTS) is 1. The molecule has 1 aromatic carbocycles. The molecule has 0 bridgehead atoms. The molecule has 20 heavy (non-hydrogen) atoms. The van der Waals surface area contributed by atoms with E-state index in [0.717, 1.165) is 0 Å². The van der Waals surface area contributed by atoms with Gasteiger partial charge in [-0.3, -0.25) is 4.79 Å². The van der Waals surface area contributed by atoms with E-state index >= 15 is 0 Å². The first kappa shape index (κ1) is 15.0. The predicted molar refractivity (Wildman–Crippen MR) is 74.6 cm³/mol. The van der Waals surface area contributed by atoms with Crippen molar-refractivity contribution >= 4 is 50.0 Å². The minimum absolute atomic E-state index is 0.111. The van der Waals surface area contributed by atoms with Gasteiger partial charge in [0.1, 0.15) is 11.7 Å². The summed E-state index contributed by atoms with van der Waals surface area (Å²) in [5.74, 6) is -1.28. The highest BCUT2D eigenvalue weighted by atomic mass is 35.5. The second-order valence-electron chi connectivity index (χ2n) is 3.82. The summed E-state index contributed by atoms with van der Waals surface area (Å²) in [6, 6.07) is 4.09. The first-order valence-electron chi connectivity index (χ1n) is 5.26. The van der Waals surface area contributed by atoms with E-state index in [4.69, 9.17) is 28.3 Å². The van der Waals surface area contributed by atoms with Gasteiger partial charge in [0.05, 0.1) is 9.92 Å². The van der Waals surface area contributed by atoms with E-state index in [-0.39, 0.29) is 10.0 Å². The lowest BCUT2D eigenvalue weighted by molar-refractivity contribution is -0.135. The lowest BCUT2D eigenvalue weighted by atomic mass is 10.2. The van der Waals surface area contributed by atoms with Crippen molar-refractivity contribution < 1.29 is 18.3 Å². The highest BCUT2D eigenvalue weighted by Gasteiger charge is 2.17. The van der Waals surface area contributed by atoms with Gasteiger partial charge >= 0.3 is 5.97 Å². The van der Waals surface area contributed by atoms with Crippen LogP contribution < -0.4 is 4.72 Å². The monoisotopic (exact) mass is 334 g/mol. The normalized spacial score (nSPS) is 11.7. The first-order valence-corrected chi connectivity index (χ1v) is 7.50. The minimum atomic E-state index is -3.94. The number of rotatable bonds is 4. The number of nitrogens with zero attached hydrogens (tertiary/aromatic N) is 1. The number of benzene rings is 1. The maximum absolute atomic E-state index is 11.9. The minimum Gasteiger partial charge on any atom is -0.480 e. The molecule has 0 aliphatic heterocycles. The summed E-state index contributed by atoms with van der Waals surface area (Å²) >= 11 is 11.8. The summed E-state index contributed by atoms with van der Waals surface area (Å²) in [5.41, 5.74) is 0. The molecule has 0 saturated carbocycles. The van der Waals surface area contributed by atoms with Crippen molar-refractivity contribution in [2.75, 3.05) is 6.54 Å². The number of aliphatic carboxylic acids is 1. The molecule has 1 heterocycles. The summed E-state index contributed by atoms with van der Waals surface area (Å²) in [6.45, 7) is -0.706. The zero-order valence-electron chi connectivity index (χ0n) is 9.80. The Morgan fingerprint density at radius 1 is 1.30 bits per heavy atom. The van der Waals surface area contributed by atoms with Gasteiger partial charge in [-0.25, -0.2) is 13.4 Å². The van der Waals surface area contributed by atoms with Crippen LogP contribution in [0, 0.1) is 0 Å². The zero-order valence-corrected chi connectivity index (χ0v) is 12.1. The average molecular weight is 335 g/mol. The maximum Gasteiger partial charge on any atom is 0.318 e. The standard InChI is InChI=1S/C11H8Cl2N2O4S/c12-9-4-14-11(13)8-3-6(1-2-7(8)9)20(18,19)15-5-10(16)17/h1-4,15H,5H2,(H,16,17). The van der Waals surface area contributed by atoms with Gasteiger partial charge in [0.2, 0.25) is 10.0 Å². The van der Waals surface area contributed by atoms with Crippen molar-refractivity contribution in [3.05, 3.63) is 34.6 Å². The van der Waals surface area contributed by atoms with Gasteiger partial charge in [0.25, 0.3) is 0 Å². The van der Waals surface area contributed by atoms with E-state index < -0.39 is 22.5 Å². The molecular weight excluding hydrogens is 327 g/mol. The van der Waals surface area contributed by atoms with Crippen molar-refractivity contribution in [3.8, 4) is 0 Å². The van der Waals surface area contributed by atoms with Crippen molar-refractivity contribution in [1.82, 2.24) is 9.71 Å². The van der Waals surface area contributed by atoms with Crippen LogP contribution in [0.15, 0.2) is 29.3 Å². The van der Waals surface area contributed by atoms with E-state index in [1.807, 2.05) is 4.72 Å². The summed E-state index contributed by atoms with van der Waals surface area (Å²) in [4.78, 5) is 14.1. The van der Waals surface area contributed by atoms with Crippen LogP contribution >= 0.6 is 23.2 Å². The number of sulfonamides is 1. The molecule has 0 aliphatic rings. The summed E-state index contributed by atoms with van der Waals surface area (Å²) < 4.78 is 25.8. The number of fused-ring (bicyclic) bond motifs is 1. The van der Waals surface area contributed by atoms with Crippen molar-refractivity contribution in [1.29, 1.82) is 0 Å². The first-order chi connectivity index (χ1) is 9.31. The Balaban J connectivity index is 2.52. The van der Waals surface area contributed by atoms with Crippen LogP contribution in [-0.2, 0) is 14.8 Å². The number of halogens is 2. The molecule has 0 saturated heterocycles. The van der Waals surface area contributed by atoms with Crippen molar-refractivity contribution in [3.63, 3.8) is 0 Å². The highest BCUT2D eigenvalue weighted by Crippen LogP contribution is 2.29. The quantitative estimate of drug-likeness (QED) is 0.832. The lowest BCUT2D eigenvalue weighted by Gasteiger charge is -2.07. The molecule has 6 nitrogen and oxygen atoms in total. The average Bonchev–Trinajstić information content (AvgIpc) is 2.40. The molecule has 9 heteroatoms. The third kappa shape index (κ3) is 3.01. The highest BCUT2D eigenvalue weighted by molar-refractivity contribution is 7.89. The molecule has 0 aliphatic carbocycles. The van der Waals surface area contributed by atoms with Gasteiger partial charge in [-0.2, -0.15) is 4.72 Å². The molecule has 0 unspecified atom stereocenters. The molecule has 2 rings (SSSR count). The fourth-order valence-corrected chi connectivity index (χ4v) is 2.98. The van der Waals surface area contributed by atoms with Crippen LogP contribution in [0.5, 0.6) is 0 Å². The van der Waals surface area contributed by atoms with Crippen molar-refractivity contribution in [2.45, 2.75) is 4.90 Å². The third-order valence-corrected chi connectivity index (χ3v) is 4.49. The van der Waals surface area contributed by atoms with E-state index in [9.17, 15) is 13.2 Å². The number of nitrogens with one attached hydrogen (secondary N) is 1. The number of pyridine rings is 1. The molecule has 0 atom stereocenters. The smallest absolute Gasteiger partial charge is 0.318 e. The number of carbonyl (C=O) groups is 1. The van der Waals surface area contributed by atoms with E-state index in [1.165, 1.54) is 24.4 Å². The van der Waals surface area contributed by atoms with E-state index in [1.54, 1.807) is 0 Å². The number of hydrogen-bond donors (Lipinski definition) is 2. The molecule has 0 fully saturated rings. The second-order valence-corrected chi connectivity index (χ2v) is 6.35.